The van der Waals surface area contributed by atoms with Crippen LogP contribution in [-0.2, 0) is 9.53 Å². The van der Waals surface area contributed by atoms with E-state index in [4.69, 9.17) is 27.9 Å². The van der Waals surface area contributed by atoms with Gasteiger partial charge in [0.05, 0.1) is 16.7 Å². The minimum absolute atomic E-state index is 0.258. The third kappa shape index (κ3) is 4.22. The Kier molecular flexibility index (Phi) is 6.32. The second-order valence-corrected chi connectivity index (χ2v) is 4.90. The first-order valence-electron chi connectivity index (χ1n) is 6.17. The molecule has 19 heavy (non-hydrogen) atoms. The number of ketones is 1. The Balaban J connectivity index is 2.98. The van der Waals surface area contributed by atoms with Crippen molar-refractivity contribution in [3.8, 4) is 0 Å². The van der Waals surface area contributed by atoms with Crippen LogP contribution in [-0.4, -0.2) is 18.4 Å². The molecular formula is C14H16Cl2O3. The van der Waals surface area contributed by atoms with Crippen molar-refractivity contribution in [1.82, 2.24) is 0 Å². The van der Waals surface area contributed by atoms with Crippen molar-refractivity contribution >= 4 is 35.0 Å². The van der Waals surface area contributed by atoms with Crippen molar-refractivity contribution in [2.24, 2.45) is 5.92 Å². The van der Waals surface area contributed by atoms with Gasteiger partial charge in [-0.1, -0.05) is 36.5 Å². The lowest BCUT2D eigenvalue weighted by Gasteiger charge is -2.14. The summed E-state index contributed by atoms with van der Waals surface area (Å²) in [6.07, 6.45) is 1.18. The van der Waals surface area contributed by atoms with Crippen LogP contribution in [0.5, 0.6) is 0 Å². The van der Waals surface area contributed by atoms with Crippen LogP contribution >= 0.6 is 23.2 Å². The summed E-state index contributed by atoms with van der Waals surface area (Å²) in [6, 6.07) is 4.60. The highest BCUT2D eigenvalue weighted by Crippen LogP contribution is 2.25. The van der Waals surface area contributed by atoms with E-state index in [2.05, 4.69) is 0 Å². The van der Waals surface area contributed by atoms with E-state index < -0.39 is 11.9 Å². The Hall–Kier alpha value is -1.06. The number of Topliss-reactive ketones (excluding diaryl/α,β-unsaturated/α-hetero) is 1. The molecule has 0 N–H and O–H groups in total. The van der Waals surface area contributed by atoms with Crippen LogP contribution in [0, 0.1) is 5.92 Å². The zero-order chi connectivity index (χ0) is 14.4. The van der Waals surface area contributed by atoms with Gasteiger partial charge >= 0.3 is 5.97 Å². The summed E-state index contributed by atoms with van der Waals surface area (Å²) in [5.74, 6) is -1.54. The minimum Gasteiger partial charge on any atom is -0.465 e. The van der Waals surface area contributed by atoms with E-state index in [1.165, 1.54) is 6.07 Å². The van der Waals surface area contributed by atoms with Gasteiger partial charge in [-0.05, 0) is 31.5 Å². The van der Waals surface area contributed by atoms with Crippen LogP contribution in [0.1, 0.15) is 37.0 Å². The summed E-state index contributed by atoms with van der Waals surface area (Å²) in [6.45, 7) is 3.88. The molecule has 1 rings (SSSR count). The first-order chi connectivity index (χ1) is 9.01. The average Bonchev–Trinajstić information content (AvgIpc) is 2.38. The predicted octanol–water partition coefficient (Wildman–Crippen LogP) is 4.16. The van der Waals surface area contributed by atoms with Gasteiger partial charge in [0.25, 0.3) is 0 Å². The molecular weight excluding hydrogens is 287 g/mol. The van der Waals surface area contributed by atoms with Gasteiger partial charge in [0.15, 0.2) is 5.78 Å². The van der Waals surface area contributed by atoms with Gasteiger partial charge in [-0.3, -0.25) is 9.59 Å². The van der Waals surface area contributed by atoms with E-state index in [-0.39, 0.29) is 12.4 Å². The first-order valence-corrected chi connectivity index (χ1v) is 6.92. The van der Waals surface area contributed by atoms with Crippen LogP contribution < -0.4 is 0 Å². The van der Waals surface area contributed by atoms with Crippen molar-refractivity contribution in [3.63, 3.8) is 0 Å². The topological polar surface area (TPSA) is 43.4 Å². The van der Waals surface area contributed by atoms with Gasteiger partial charge in [0.1, 0.15) is 5.92 Å². The van der Waals surface area contributed by atoms with Crippen molar-refractivity contribution in [2.45, 2.75) is 26.7 Å². The molecule has 0 spiro atoms. The van der Waals surface area contributed by atoms with Crippen molar-refractivity contribution in [1.29, 1.82) is 0 Å². The average molecular weight is 303 g/mol. The smallest absolute Gasteiger partial charge is 0.316 e. The summed E-state index contributed by atoms with van der Waals surface area (Å²) < 4.78 is 4.93. The molecule has 3 nitrogen and oxygen atoms in total. The molecule has 0 radical (unpaired) electrons. The maximum Gasteiger partial charge on any atom is 0.316 e. The van der Waals surface area contributed by atoms with Gasteiger partial charge in [-0.25, -0.2) is 0 Å². The van der Waals surface area contributed by atoms with Gasteiger partial charge in [0, 0.05) is 5.56 Å². The number of ether oxygens (including phenoxy) is 1. The zero-order valence-corrected chi connectivity index (χ0v) is 12.4. The molecule has 0 bridgehead atoms. The third-order valence-electron chi connectivity index (χ3n) is 2.67. The molecule has 0 saturated carbocycles. The molecule has 0 fully saturated rings. The van der Waals surface area contributed by atoms with E-state index in [0.29, 0.717) is 22.0 Å². The number of benzene rings is 1. The second kappa shape index (κ2) is 7.51. The zero-order valence-electron chi connectivity index (χ0n) is 10.9. The molecule has 1 aromatic carbocycles. The lowest BCUT2D eigenvalue weighted by Crippen LogP contribution is -2.26. The first kappa shape index (κ1) is 16.0. The fraction of sp³-hybridized carbons (Fsp3) is 0.429. The number of hydrogen-bond acceptors (Lipinski definition) is 3. The van der Waals surface area contributed by atoms with E-state index in [1.54, 1.807) is 19.1 Å². The molecule has 0 amide bonds. The fourth-order valence-corrected chi connectivity index (χ4v) is 2.04. The van der Waals surface area contributed by atoms with E-state index in [9.17, 15) is 9.59 Å². The lowest BCUT2D eigenvalue weighted by atomic mass is 9.93. The standard InChI is InChI=1S/C14H16Cl2O3/c1-3-5-10(14(18)19-4-2)13(17)9-6-7-11(15)12(16)8-9/h6-8,10H,3-5H2,1-2H3. The lowest BCUT2D eigenvalue weighted by molar-refractivity contribution is -0.146. The molecule has 1 aromatic rings. The normalized spacial score (nSPS) is 12.0. The monoisotopic (exact) mass is 302 g/mol. The van der Waals surface area contributed by atoms with Crippen molar-refractivity contribution in [3.05, 3.63) is 33.8 Å². The second-order valence-electron chi connectivity index (χ2n) is 4.09. The Bertz CT molecular complexity index is 472. The summed E-state index contributed by atoms with van der Waals surface area (Å²) in [7, 11) is 0. The highest BCUT2D eigenvalue weighted by atomic mass is 35.5. The summed E-state index contributed by atoms with van der Waals surface area (Å²) in [4.78, 5) is 24.1. The molecule has 1 atom stereocenters. The summed E-state index contributed by atoms with van der Waals surface area (Å²) in [5.41, 5.74) is 0.376. The fourth-order valence-electron chi connectivity index (χ4n) is 1.74. The van der Waals surface area contributed by atoms with Crippen LogP contribution in [0.4, 0.5) is 0 Å². The van der Waals surface area contributed by atoms with Gasteiger partial charge in [-0.2, -0.15) is 0 Å². The van der Waals surface area contributed by atoms with Gasteiger partial charge in [0.2, 0.25) is 0 Å². The molecule has 0 saturated heterocycles. The maximum absolute atomic E-state index is 12.3. The molecule has 104 valence electrons. The summed E-state index contributed by atoms with van der Waals surface area (Å²) >= 11 is 11.7. The number of carbonyl (C=O) groups is 2. The Morgan fingerprint density at radius 3 is 2.42 bits per heavy atom. The van der Waals surface area contributed by atoms with Crippen molar-refractivity contribution in [2.75, 3.05) is 6.61 Å². The van der Waals surface area contributed by atoms with E-state index in [1.807, 2.05) is 6.92 Å². The Morgan fingerprint density at radius 2 is 1.89 bits per heavy atom. The van der Waals surface area contributed by atoms with Crippen LogP contribution in [0.3, 0.4) is 0 Å². The van der Waals surface area contributed by atoms with Gasteiger partial charge < -0.3 is 4.74 Å². The SMILES string of the molecule is CCCC(C(=O)OCC)C(=O)c1ccc(Cl)c(Cl)c1. The molecule has 0 aliphatic rings. The Labute approximate surface area is 122 Å². The van der Waals surface area contributed by atoms with Crippen LogP contribution in [0.25, 0.3) is 0 Å². The van der Waals surface area contributed by atoms with E-state index >= 15 is 0 Å². The van der Waals surface area contributed by atoms with E-state index in [0.717, 1.165) is 6.42 Å². The predicted molar refractivity (Wildman–Crippen MR) is 75.8 cm³/mol. The molecule has 0 aromatic heterocycles. The highest BCUT2D eigenvalue weighted by molar-refractivity contribution is 6.42. The molecule has 0 aliphatic carbocycles. The van der Waals surface area contributed by atoms with Crippen LogP contribution in [0.2, 0.25) is 10.0 Å². The molecule has 5 heteroatoms. The van der Waals surface area contributed by atoms with Crippen molar-refractivity contribution < 1.29 is 14.3 Å². The maximum atomic E-state index is 12.3. The third-order valence-corrected chi connectivity index (χ3v) is 3.41. The Morgan fingerprint density at radius 1 is 1.21 bits per heavy atom. The number of rotatable bonds is 6. The van der Waals surface area contributed by atoms with Crippen LogP contribution in [0.15, 0.2) is 18.2 Å². The number of carbonyl (C=O) groups excluding carboxylic acids is 2. The molecule has 0 aliphatic heterocycles. The summed E-state index contributed by atoms with van der Waals surface area (Å²) in [5, 5.41) is 0.674. The minimum atomic E-state index is -0.776. The van der Waals surface area contributed by atoms with Gasteiger partial charge in [-0.15, -0.1) is 0 Å². The number of hydrogen-bond donors (Lipinski definition) is 0. The quantitative estimate of drug-likeness (QED) is 0.450. The molecule has 1 unspecified atom stereocenters. The number of halogens is 2. The molecule has 0 heterocycles. The highest BCUT2D eigenvalue weighted by Gasteiger charge is 2.28. The number of esters is 1. The largest absolute Gasteiger partial charge is 0.465 e.